The average molecular weight is 159 g/mol. The Morgan fingerprint density at radius 2 is 1.73 bits per heavy atom. The molecule has 2 heteroatoms. The van der Waals surface area contributed by atoms with Crippen molar-refractivity contribution in [3.63, 3.8) is 0 Å². The molecular weight excluding hydrogens is 147 g/mol. The number of hydrogen-bond donors (Lipinski definition) is 1. The van der Waals surface area contributed by atoms with Crippen molar-refractivity contribution in [3.8, 4) is 5.75 Å². The molecule has 0 aliphatic carbocycles. The molecule has 1 aromatic rings. The van der Waals surface area contributed by atoms with E-state index in [1.165, 1.54) is 5.56 Å². The first-order valence-electron chi connectivity index (χ1n) is 3.61. The summed E-state index contributed by atoms with van der Waals surface area (Å²) in [6, 6.07) is 7.37. The van der Waals surface area contributed by atoms with E-state index in [0.717, 1.165) is 12.8 Å². The summed E-state index contributed by atoms with van der Waals surface area (Å²) in [6.07, 6.45) is 2.26. The van der Waals surface area contributed by atoms with Gasteiger partial charge in [-0.1, -0.05) is 25.5 Å². The third-order valence-corrected chi connectivity index (χ3v) is 1.48. The van der Waals surface area contributed by atoms with E-state index in [0.29, 0.717) is 5.75 Å². The van der Waals surface area contributed by atoms with Gasteiger partial charge in [-0.25, -0.2) is 0 Å². The molecule has 0 saturated carbocycles. The fourth-order valence-electron chi connectivity index (χ4n) is 0.951. The molecule has 0 aliphatic heterocycles. The minimum atomic E-state index is 0. The molecule has 0 heterocycles. The third kappa shape index (κ3) is 3.80. The molecule has 0 fully saturated rings. The SMILES string of the molecule is CCCc1ccc(O)cc1.[Na]. The predicted octanol–water partition coefficient (Wildman–Crippen LogP) is 1.96. The van der Waals surface area contributed by atoms with Gasteiger partial charge in [0.2, 0.25) is 0 Å². The van der Waals surface area contributed by atoms with Gasteiger partial charge in [0, 0.05) is 29.6 Å². The quantitative estimate of drug-likeness (QED) is 0.654. The van der Waals surface area contributed by atoms with Crippen molar-refractivity contribution >= 4 is 29.6 Å². The van der Waals surface area contributed by atoms with E-state index in [1.807, 2.05) is 12.1 Å². The number of phenols is 1. The zero-order valence-electron chi connectivity index (χ0n) is 7.17. The first-order chi connectivity index (χ1) is 4.83. The molecule has 0 spiro atoms. The molecule has 1 rings (SSSR count). The van der Waals surface area contributed by atoms with E-state index in [2.05, 4.69) is 6.92 Å². The van der Waals surface area contributed by atoms with Crippen LogP contribution in [0.25, 0.3) is 0 Å². The van der Waals surface area contributed by atoms with Crippen LogP contribution in [0.15, 0.2) is 24.3 Å². The minimum absolute atomic E-state index is 0. The summed E-state index contributed by atoms with van der Waals surface area (Å²) in [4.78, 5) is 0. The Labute approximate surface area is 89.7 Å². The van der Waals surface area contributed by atoms with Crippen LogP contribution in [0.3, 0.4) is 0 Å². The van der Waals surface area contributed by atoms with Crippen LogP contribution in [-0.4, -0.2) is 34.7 Å². The van der Waals surface area contributed by atoms with E-state index < -0.39 is 0 Å². The smallest absolute Gasteiger partial charge is 0.115 e. The van der Waals surface area contributed by atoms with Crippen molar-refractivity contribution in [2.75, 3.05) is 0 Å². The molecule has 0 unspecified atom stereocenters. The van der Waals surface area contributed by atoms with Crippen molar-refractivity contribution in [2.24, 2.45) is 0 Å². The number of phenolic OH excluding ortho intramolecular Hbond substituents is 1. The van der Waals surface area contributed by atoms with Crippen LogP contribution in [0.4, 0.5) is 0 Å². The van der Waals surface area contributed by atoms with Gasteiger partial charge in [-0.2, -0.15) is 0 Å². The first-order valence-corrected chi connectivity index (χ1v) is 3.61. The number of benzene rings is 1. The number of aryl methyl sites for hydroxylation is 1. The van der Waals surface area contributed by atoms with Gasteiger partial charge in [0.1, 0.15) is 5.75 Å². The van der Waals surface area contributed by atoms with Crippen LogP contribution < -0.4 is 0 Å². The Morgan fingerprint density at radius 1 is 1.18 bits per heavy atom. The fraction of sp³-hybridized carbons (Fsp3) is 0.333. The summed E-state index contributed by atoms with van der Waals surface area (Å²) in [5, 5.41) is 8.92. The number of hydrogen-bond acceptors (Lipinski definition) is 1. The Morgan fingerprint density at radius 3 is 2.18 bits per heavy atom. The molecule has 1 nitrogen and oxygen atoms in total. The van der Waals surface area contributed by atoms with Crippen LogP contribution in [0.2, 0.25) is 0 Å². The van der Waals surface area contributed by atoms with Gasteiger partial charge in [0.15, 0.2) is 0 Å². The summed E-state index contributed by atoms with van der Waals surface area (Å²) in [7, 11) is 0. The van der Waals surface area contributed by atoms with Gasteiger partial charge in [0.05, 0.1) is 0 Å². The second-order valence-corrected chi connectivity index (χ2v) is 2.42. The first kappa shape index (κ1) is 11.0. The minimum Gasteiger partial charge on any atom is -0.508 e. The topological polar surface area (TPSA) is 20.2 Å². The molecule has 0 aliphatic rings. The molecule has 0 amide bonds. The number of aromatic hydroxyl groups is 1. The average Bonchev–Trinajstić information content (AvgIpc) is 1.95. The molecule has 0 atom stereocenters. The van der Waals surface area contributed by atoms with Gasteiger partial charge in [-0.3, -0.25) is 0 Å². The monoisotopic (exact) mass is 159 g/mol. The largest absolute Gasteiger partial charge is 0.508 e. The molecule has 1 radical (unpaired) electrons. The van der Waals surface area contributed by atoms with Gasteiger partial charge in [0.25, 0.3) is 0 Å². The van der Waals surface area contributed by atoms with Gasteiger partial charge in [-0.05, 0) is 24.1 Å². The predicted molar refractivity (Wildman–Crippen MR) is 47.9 cm³/mol. The van der Waals surface area contributed by atoms with Gasteiger partial charge >= 0.3 is 0 Å². The molecule has 55 valence electrons. The third-order valence-electron chi connectivity index (χ3n) is 1.48. The summed E-state index contributed by atoms with van der Waals surface area (Å²) in [5.74, 6) is 0.347. The molecule has 0 saturated heterocycles. The van der Waals surface area contributed by atoms with Gasteiger partial charge < -0.3 is 5.11 Å². The molecular formula is C9H12NaO. The van der Waals surface area contributed by atoms with E-state index in [9.17, 15) is 0 Å². The summed E-state index contributed by atoms with van der Waals surface area (Å²) >= 11 is 0. The molecule has 11 heavy (non-hydrogen) atoms. The van der Waals surface area contributed by atoms with Crippen LogP contribution in [0, 0.1) is 0 Å². The van der Waals surface area contributed by atoms with E-state index in [4.69, 9.17) is 5.11 Å². The van der Waals surface area contributed by atoms with Crippen LogP contribution in [0.5, 0.6) is 5.75 Å². The Kier molecular flexibility index (Phi) is 5.65. The van der Waals surface area contributed by atoms with Crippen molar-refractivity contribution in [3.05, 3.63) is 29.8 Å². The molecule has 1 aromatic carbocycles. The Bertz CT molecular complexity index is 193. The second kappa shape index (κ2) is 5.64. The zero-order chi connectivity index (χ0) is 7.40. The molecule has 0 aromatic heterocycles. The normalized spacial score (nSPS) is 8.82. The van der Waals surface area contributed by atoms with Crippen LogP contribution in [-0.2, 0) is 6.42 Å². The maximum absolute atomic E-state index is 8.92. The van der Waals surface area contributed by atoms with Crippen LogP contribution in [0.1, 0.15) is 18.9 Å². The fourth-order valence-corrected chi connectivity index (χ4v) is 0.951. The summed E-state index contributed by atoms with van der Waals surface area (Å²) in [5.41, 5.74) is 1.29. The van der Waals surface area contributed by atoms with E-state index >= 15 is 0 Å². The van der Waals surface area contributed by atoms with Crippen LogP contribution >= 0.6 is 0 Å². The standard InChI is InChI=1S/C9H12O.Na/c1-2-3-8-4-6-9(10)7-5-8;/h4-7,10H,2-3H2,1H3;. The molecule has 1 N–H and O–H groups in total. The maximum Gasteiger partial charge on any atom is 0.115 e. The number of rotatable bonds is 2. The van der Waals surface area contributed by atoms with Crippen molar-refractivity contribution < 1.29 is 5.11 Å². The van der Waals surface area contributed by atoms with Crippen molar-refractivity contribution in [2.45, 2.75) is 19.8 Å². The summed E-state index contributed by atoms with van der Waals surface area (Å²) < 4.78 is 0. The van der Waals surface area contributed by atoms with Crippen molar-refractivity contribution in [1.29, 1.82) is 0 Å². The van der Waals surface area contributed by atoms with Gasteiger partial charge in [-0.15, -0.1) is 0 Å². The van der Waals surface area contributed by atoms with Crippen molar-refractivity contribution in [1.82, 2.24) is 0 Å². The second-order valence-electron chi connectivity index (χ2n) is 2.42. The zero-order valence-corrected chi connectivity index (χ0v) is 9.17. The Balaban J connectivity index is 0.000001000. The maximum atomic E-state index is 8.92. The Hall–Kier alpha value is 0.0200. The van der Waals surface area contributed by atoms with E-state index in [1.54, 1.807) is 12.1 Å². The molecule has 0 bridgehead atoms. The van der Waals surface area contributed by atoms with E-state index in [-0.39, 0.29) is 29.6 Å². The summed E-state index contributed by atoms with van der Waals surface area (Å²) in [6.45, 7) is 2.15.